The number of carboxylic acid groups (broad SMARTS) is 1. The Balaban J connectivity index is 2.79. The van der Waals surface area contributed by atoms with Crippen LogP contribution in [-0.4, -0.2) is 43.9 Å². The lowest BCUT2D eigenvalue weighted by molar-refractivity contribution is -0.139. The molecule has 1 amide bonds. The molecule has 0 saturated heterocycles. The maximum Gasteiger partial charge on any atom is 0.326 e. The lowest BCUT2D eigenvalue weighted by Gasteiger charge is -2.15. The van der Waals surface area contributed by atoms with Crippen LogP contribution in [0.5, 0.6) is 5.75 Å². The first-order chi connectivity index (χ1) is 9.99. The molecule has 0 heterocycles. The highest BCUT2D eigenvalue weighted by molar-refractivity contribution is 9.10. The smallest absolute Gasteiger partial charge is 0.326 e. The predicted octanol–water partition coefficient (Wildman–Crippen LogP) is 2.07. The minimum absolute atomic E-state index is 0.290. The van der Waals surface area contributed by atoms with Gasteiger partial charge >= 0.3 is 5.97 Å². The molecule has 0 aromatic heterocycles. The molecule has 1 aromatic rings. The van der Waals surface area contributed by atoms with E-state index < -0.39 is 17.9 Å². The normalized spacial score (nSPS) is 11.8. The number of hydrogen-bond donors (Lipinski definition) is 2. The third kappa shape index (κ3) is 5.35. The molecular formula is C14H18BrNO5. The van der Waals surface area contributed by atoms with Gasteiger partial charge in [0.15, 0.2) is 0 Å². The predicted molar refractivity (Wildman–Crippen MR) is 80.7 cm³/mol. The monoisotopic (exact) mass is 359 g/mol. The van der Waals surface area contributed by atoms with Crippen molar-refractivity contribution >= 4 is 27.8 Å². The number of nitrogens with one attached hydrogen (secondary N) is 1. The zero-order chi connectivity index (χ0) is 15.8. The molecule has 0 aliphatic heterocycles. The van der Waals surface area contributed by atoms with Crippen molar-refractivity contribution in [1.82, 2.24) is 5.32 Å². The van der Waals surface area contributed by atoms with Crippen molar-refractivity contribution in [2.75, 3.05) is 20.8 Å². The lowest BCUT2D eigenvalue weighted by Crippen LogP contribution is -2.41. The first-order valence-corrected chi connectivity index (χ1v) is 7.15. The molecule has 116 valence electrons. The minimum atomic E-state index is -1.07. The van der Waals surface area contributed by atoms with Gasteiger partial charge in [-0.3, -0.25) is 4.79 Å². The van der Waals surface area contributed by atoms with Gasteiger partial charge in [0.25, 0.3) is 5.91 Å². The molecular weight excluding hydrogens is 342 g/mol. The summed E-state index contributed by atoms with van der Waals surface area (Å²) in [6.45, 7) is 0.446. The van der Waals surface area contributed by atoms with Crippen LogP contribution in [0.3, 0.4) is 0 Å². The van der Waals surface area contributed by atoms with Crippen LogP contribution in [0.2, 0.25) is 0 Å². The van der Waals surface area contributed by atoms with Crippen LogP contribution in [0.1, 0.15) is 23.2 Å². The van der Waals surface area contributed by atoms with Gasteiger partial charge in [0, 0.05) is 18.2 Å². The van der Waals surface area contributed by atoms with Crippen LogP contribution < -0.4 is 10.1 Å². The number of methoxy groups -OCH3 is 2. The number of amides is 1. The fourth-order valence-electron chi connectivity index (χ4n) is 1.78. The van der Waals surface area contributed by atoms with Crippen LogP contribution >= 0.6 is 15.9 Å². The number of carboxylic acids is 1. The van der Waals surface area contributed by atoms with Crippen LogP contribution in [0.4, 0.5) is 0 Å². The molecule has 1 unspecified atom stereocenters. The van der Waals surface area contributed by atoms with Gasteiger partial charge in [0.2, 0.25) is 0 Å². The fourth-order valence-corrected chi connectivity index (χ4v) is 2.12. The Labute approximate surface area is 131 Å². The zero-order valence-corrected chi connectivity index (χ0v) is 13.5. The third-order valence-electron chi connectivity index (χ3n) is 2.85. The van der Waals surface area contributed by atoms with Gasteiger partial charge in [-0.05, 0) is 31.0 Å². The van der Waals surface area contributed by atoms with Gasteiger partial charge < -0.3 is 19.9 Å². The van der Waals surface area contributed by atoms with Crippen molar-refractivity contribution in [1.29, 1.82) is 0 Å². The maximum atomic E-state index is 12.2. The standard InChI is InChI=1S/C14H18BrNO5/c1-20-7-3-4-11(14(18)19)16-13(17)10-6-5-9(15)8-12(10)21-2/h5-6,8,11H,3-4,7H2,1-2H3,(H,16,17)(H,18,19). The number of rotatable bonds is 8. The van der Waals surface area contributed by atoms with E-state index >= 15 is 0 Å². The number of hydrogen-bond acceptors (Lipinski definition) is 4. The summed E-state index contributed by atoms with van der Waals surface area (Å²) in [4.78, 5) is 23.4. The van der Waals surface area contributed by atoms with Gasteiger partial charge in [-0.1, -0.05) is 15.9 Å². The summed E-state index contributed by atoms with van der Waals surface area (Å²) in [5.41, 5.74) is 0.290. The summed E-state index contributed by atoms with van der Waals surface area (Å²) < 4.78 is 10.8. The Morgan fingerprint density at radius 3 is 2.67 bits per heavy atom. The zero-order valence-electron chi connectivity index (χ0n) is 11.9. The van der Waals surface area contributed by atoms with E-state index in [0.717, 1.165) is 4.47 Å². The highest BCUT2D eigenvalue weighted by atomic mass is 79.9. The summed E-state index contributed by atoms with van der Waals surface area (Å²) >= 11 is 3.28. The molecule has 1 atom stereocenters. The van der Waals surface area contributed by atoms with Crippen LogP contribution in [-0.2, 0) is 9.53 Å². The highest BCUT2D eigenvalue weighted by Crippen LogP contribution is 2.23. The lowest BCUT2D eigenvalue weighted by atomic mass is 10.1. The third-order valence-corrected chi connectivity index (χ3v) is 3.35. The average Bonchev–Trinajstić information content (AvgIpc) is 2.45. The topological polar surface area (TPSA) is 84.9 Å². The molecule has 0 fully saturated rings. The van der Waals surface area contributed by atoms with Crippen molar-refractivity contribution in [2.24, 2.45) is 0 Å². The molecule has 1 aromatic carbocycles. The molecule has 0 aliphatic carbocycles. The number of ether oxygens (including phenoxy) is 2. The molecule has 7 heteroatoms. The second-order valence-corrected chi connectivity index (χ2v) is 5.26. The van der Waals surface area contributed by atoms with E-state index in [9.17, 15) is 9.59 Å². The Morgan fingerprint density at radius 1 is 1.38 bits per heavy atom. The van der Waals surface area contributed by atoms with E-state index in [1.807, 2.05) is 0 Å². The molecule has 0 aliphatic rings. The van der Waals surface area contributed by atoms with Crippen molar-refractivity contribution in [3.63, 3.8) is 0 Å². The minimum Gasteiger partial charge on any atom is -0.496 e. The van der Waals surface area contributed by atoms with Gasteiger partial charge in [-0.15, -0.1) is 0 Å². The van der Waals surface area contributed by atoms with Crippen molar-refractivity contribution in [3.8, 4) is 5.75 Å². The first kappa shape index (κ1) is 17.5. The number of carbonyl (C=O) groups is 2. The SMILES string of the molecule is COCCCC(NC(=O)c1ccc(Br)cc1OC)C(=O)O. The van der Waals surface area contributed by atoms with Gasteiger partial charge in [-0.25, -0.2) is 4.79 Å². The Bertz CT molecular complexity index is 506. The molecule has 1 rings (SSSR count). The fraction of sp³-hybridized carbons (Fsp3) is 0.429. The number of aliphatic carboxylic acids is 1. The molecule has 0 saturated carbocycles. The second kappa shape index (κ2) is 8.63. The summed E-state index contributed by atoms with van der Waals surface area (Å²) in [7, 11) is 2.99. The first-order valence-electron chi connectivity index (χ1n) is 6.35. The molecule has 0 spiro atoms. The Kier molecular flexibility index (Phi) is 7.18. The summed E-state index contributed by atoms with van der Waals surface area (Å²) in [6.07, 6.45) is 0.846. The quantitative estimate of drug-likeness (QED) is 0.694. The maximum absolute atomic E-state index is 12.2. The summed E-state index contributed by atoms with van der Waals surface area (Å²) in [5, 5.41) is 11.6. The van der Waals surface area contributed by atoms with E-state index in [-0.39, 0.29) is 0 Å². The van der Waals surface area contributed by atoms with Crippen molar-refractivity contribution in [3.05, 3.63) is 28.2 Å². The molecule has 0 bridgehead atoms. The van der Waals surface area contributed by atoms with E-state index in [1.165, 1.54) is 7.11 Å². The Morgan fingerprint density at radius 2 is 2.10 bits per heavy atom. The van der Waals surface area contributed by atoms with Crippen LogP contribution in [0, 0.1) is 0 Å². The van der Waals surface area contributed by atoms with Crippen molar-refractivity contribution in [2.45, 2.75) is 18.9 Å². The Hall–Kier alpha value is -1.60. The van der Waals surface area contributed by atoms with Gasteiger partial charge in [-0.2, -0.15) is 0 Å². The highest BCUT2D eigenvalue weighted by Gasteiger charge is 2.22. The number of benzene rings is 1. The largest absolute Gasteiger partial charge is 0.496 e. The molecule has 2 N–H and O–H groups in total. The van der Waals surface area contributed by atoms with Crippen LogP contribution in [0.15, 0.2) is 22.7 Å². The molecule has 21 heavy (non-hydrogen) atoms. The number of halogens is 1. The average molecular weight is 360 g/mol. The van der Waals surface area contributed by atoms with E-state index in [0.29, 0.717) is 30.8 Å². The van der Waals surface area contributed by atoms with Gasteiger partial charge in [0.05, 0.1) is 12.7 Å². The molecule has 6 nitrogen and oxygen atoms in total. The van der Waals surface area contributed by atoms with Crippen molar-refractivity contribution < 1.29 is 24.2 Å². The van der Waals surface area contributed by atoms with E-state index in [1.54, 1.807) is 25.3 Å². The van der Waals surface area contributed by atoms with E-state index in [4.69, 9.17) is 14.6 Å². The molecule has 0 radical (unpaired) electrons. The van der Waals surface area contributed by atoms with Crippen LogP contribution in [0.25, 0.3) is 0 Å². The summed E-state index contributed by atoms with van der Waals surface area (Å²) in [5.74, 6) is -1.18. The summed E-state index contributed by atoms with van der Waals surface area (Å²) in [6, 6.07) is 3.96. The van der Waals surface area contributed by atoms with Gasteiger partial charge in [0.1, 0.15) is 11.8 Å². The second-order valence-electron chi connectivity index (χ2n) is 4.34. The van der Waals surface area contributed by atoms with E-state index in [2.05, 4.69) is 21.2 Å². The number of carbonyl (C=O) groups excluding carboxylic acids is 1.